The molecule has 84 valence electrons. The summed E-state index contributed by atoms with van der Waals surface area (Å²) in [5.41, 5.74) is 0. The lowest BCUT2D eigenvalue weighted by molar-refractivity contribution is 0.0714. The topological polar surface area (TPSA) is 12.5 Å². The molecule has 0 amide bonds. The van der Waals surface area contributed by atoms with Crippen LogP contribution in [-0.2, 0) is 4.74 Å². The molecule has 0 spiro atoms. The Morgan fingerprint density at radius 2 is 2.36 bits per heavy atom. The molecule has 2 atom stereocenters. The molecule has 2 nitrogen and oxygen atoms in total. The summed E-state index contributed by atoms with van der Waals surface area (Å²) in [6, 6.07) is 0. The van der Waals surface area contributed by atoms with Gasteiger partial charge in [0.2, 0.25) is 0 Å². The summed E-state index contributed by atoms with van der Waals surface area (Å²) in [5, 5.41) is 0. The van der Waals surface area contributed by atoms with E-state index >= 15 is 0 Å². The highest BCUT2D eigenvalue weighted by Gasteiger charge is 2.19. The Hall–Kier alpha value is 0.270. The smallest absolute Gasteiger partial charge is 0.0702 e. The van der Waals surface area contributed by atoms with Crippen molar-refractivity contribution in [3.8, 4) is 0 Å². The first-order valence-corrected chi connectivity index (χ1v) is 6.34. The van der Waals surface area contributed by atoms with Crippen LogP contribution in [0.4, 0.5) is 0 Å². The van der Waals surface area contributed by atoms with E-state index in [1.54, 1.807) is 0 Å². The molecule has 0 aromatic heterocycles. The largest absolute Gasteiger partial charge is 0.377 e. The first kappa shape index (κ1) is 12.3. The molecule has 1 rings (SSSR count). The van der Waals surface area contributed by atoms with Crippen molar-refractivity contribution in [1.82, 2.24) is 4.90 Å². The highest BCUT2D eigenvalue weighted by molar-refractivity contribution is 7.80. The highest BCUT2D eigenvalue weighted by atomic mass is 32.1. The van der Waals surface area contributed by atoms with Gasteiger partial charge in [-0.3, -0.25) is 0 Å². The Kier molecular flexibility index (Phi) is 5.90. The van der Waals surface area contributed by atoms with Crippen molar-refractivity contribution in [2.75, 3.05) is 32.0 Å². The first-order chi connectivity index (χ1) is 6.76. The van der Waals surface area contributed by atoms with Crippen LogP contribution in [-0.4, -0.2) is 43.0 Å². The standard InChI is InChI=1S/C11H23NOS/c1-3-12(7-10(2)9-14)8-11-5-4-6-13-11/h10-11,14H,3-9H2,1-2H3. The predicted octanol–water partition coefficient (Wildman–Crippen LogP) is 2.05. The molecule has 0 saturated carbocycles. The monoisotopic (exact) mass is 217 g/mol. The molecular weight excluding hydrogens is 194 g/mol. The number of ether oxygens (including phenoxy) is 1. The van der Waals surface area contributed by atoms with Crippen molar-refractivity contribution in [2.45, 2.75) is 32.8 Å². The molecule has 0 N–H and O–H groups in total. The van der Waals surface area contributed by atoms with Crippen LogP contribution in [0.1, 0.15) is 26.7 Å². The number of thiol groups is 1. The number of nitrogens with zero attached hydrogens (tertiary/aromatic N) is 1. The maximum absolute atomic E-state index is 5.64. The SMILES string of the molecule is CCN(CC(C)CS)CC1CCCO1. The van der Waals surface area contributed by atoms with E-state index < -0.39 is 0 Å². The third kappa shape index (κ3) is 4.20. The van der Waals surface area contributed by atoms with Gasteiger partial charge in [0, 0.05) is 19.7 Å². The van der Waals surface area contributed by atoms with E-state index in [4.69, 9.17) is 4.74 Å². The van der Waals surface area contributed by atoms with Crippen molar-refractivity contribution >= 4 is 12.6 Å². The second kappa shape index (κ2) is 6.70. The second-order valence-electron chi connectivity index (χ2n) is 4.27. The maximum atomic E-state index is 5.64. The molecular formula is C11H23NOS. The molecule has 3 heteroatoms. The highest BCUT2D eigenvalue weighted by Crippen LogP contribution is 2.14. The van der Waals surface area contributed by atoms with Gasteiger partial charge in [0.25, 0.3) is 0 Å². The van der Waals surface area contributed by atoms with Crippen molar-refractivity contribution in [2.24, 2.45) is 5.92 Å². The fourth-order valence-electron chi connectivity index (χ4n) is 1.91. The number of hydrogen-bond acceptors (Lipinski definition) is 3. The first-order valence-electron chi connectivity index (χ1n) is 5.71. The van der Waals surface area contributed by atoms with Crippen LogP contribution in [0.15, 0.2) is 0 Å². The molecule has 1 saturated heterocycles. The van der Waals surface area contributed by atoms with Crippen LogP contribution >= 0.6 is 12.6 Å². The van der Waals surface area contributed by atoms with Gasteiger partial charge in [-0.1, -0.05) is 13.8 Å². The lowest BCUT2D eigenvalue weighted by Gasteiger charge is -2.26. The summed E-state index contributed by atoms with van der Waals surface area (Å²) in [5.74, 6) is 1.65. The normalized spacial score (nSPS) is 24.4. The Morgan fingerprint density at radius 3 is 2.86 bits per heavy atom. The Balaban J connectivity index is 2.22. The van der Waals surface area contributed by atoms with E-state index in [9.17, 15) is 0 Å². The van der Waals surface area contributed by atoms with Crippen LogP contribution in [0, 0.1) is 5.92 Å². The molecule has 1 fully saturated rings. The van der Waals surface area contributed by atoms with Gasteiger partial charge < -0.3 is 9.64 Å². The molecule has 0 bridgehead atoms. The van der Waals surface area contributed by atoms with Crippen LogP contribution in [0.25, 0.3) is 0 Å². The summed E-state index contributed by atoms with van der Waals surface area (Å²) in [7, 11) is 0. The minimum Gasteiger partial charge on any atom is -0.377 e. The molecule has 1 heterocycles. The van der Waals surface area contributed by atoms with Gasteiger partial charge in [0.05, 0.1) is 6.10 Å². The van der Waals surface area contributed by atoms with E-state index in [1.807, 2.05) is 0 Å². The van der Waals surface area contributed by atoms with Crippen molar-refractivity contribution in [3.63, 3.8) is 0 Å². The lowest BCUT2D eigenvalue weighted by atomic mass is 10.1. The van der Waals surface area contributed by atoms with Gasteiger partial charge in [-0.15, -0.1) is 0 Å². The third-order valence-corrected chi connectivity index (χ3v) is 3.44. The Bertz CT molecular complexity index is 148. The summed E-state index contributed by atoms with van der Waals surface area (Å²) < 4.78 is 5.64. The molecule has 0 radical (unpaired) electrons. The van der Waals surface area contributed by atoms with E-state index in [1.165, 1.54) is 12.8 Å². The molecule has 0 aliphatic carbocycles. The van der Waals surface area contributed by atoms with Gasteiger partial charge in [0.1, 0.15) is 0 Å². The maximum Gasteiger partial charge on any atom is 0.0702 e. The third-order valence-electron chi connectivity index (χ3n) is 2.81. The molecule has 14 heavy (non-hydrogen) atoms. The number of rotatable bonds is 6. The predicted molar refractivity (Wildman–Crippen MR) is 64.1 cm³/mol. The molecule has 1 aliphatic heterocycles. The van der Waals surface area contributed by atoms with E-state index in [2.05, 4.69) is 31.4 Å². The number of likely N-dealkylation sites (N-methyl/N-ethyl adjacent to an activating group) is 1. The average molecular weight is 217 g/mol. The summed E-state index contributed by atoms with van der Waals surface area (Å²) >= 11 is 4.32. The zero-order chi connectivity index (χ0) is 10.4. The number of hydrogen-bond donors (Lipinski definition) is 1. The fraction of sp³-hybridized carbons (Fsp3) is 1.00. The molecule has 2 unspecified atom stereocenters. The van der Waals surface area contributed by atoms with Crippen LogP contribution in [0.2, 0.25) is 0 Å². The Labute approximate surface area is 93.4 Å². The van der Waals surface area contributed by atoms with Crippen molar-refractivity contribution in [3.05, 3.63) is 0 Å². The minimum absolute atomic E-state index is 0.488. The van der Waals surface area contributed by atoms with Crippen LogP contribution < -0.4 is 0 Å². The summed E-state index contributed by atoms with van der Waals surface area (Å²) in [6.07, 6.45) is 2.97. The van der Waals surface area contributed by atoms with Gasteiger partial charge in [-0.25, -0.2) is 0 Å². The second-order valence-corrected chi connectivity index (χ2v) is 4.64. The zero-order valence-electron chi connectivity index (χ0n) is 9.41. The summed E-state index contributed by atoms with van der Waals surface area (Å²) in [6.45, 7) is 8.82. The van der Waals surface area contributed by atoms with Crippen molar-refractivity contribution < 1.29 is 4.74 Å². The molecule has 0 aromatic rings. The van der Waals surface area contributed by atoms with Gasteiger partial charge >= 0.3 is 0 Å². The van der Waals surface area contributed by atoms with Crippen LogP contribution in [0.3, 0.4) is 0 Å². The Morgan fingerprint density at radius 1 is 1.57 bits per heavy atom. The van der Waals surface area contributed by atoms with E-state index in [-0.39, 0.29) is 0 Å². The molecule has 1 aliphatic rings. The lowest BCUT2D eigenvalue weighted by Crippen LogP contribution is -2.35. The zero-order valence-corrected chi connectivity index (χ0v) is 10.3. The van der Waals surface area contributed by atoms with Gasteiger partial charge in [0.15, 0.2) is 0 Å². The van der Waals surface area contributed by atoms with Gasteiger partial charge in [-0.05, 0) is 31.1 Å². The van der Waals surface area contributed by atoms with Gasteiger partial charge in [-0.2, -0.15) is 12.6 Å². The van der Waals surface area contributed by atoms with E-state index in [0.717, 1.165) is 32.0 Å². The quantitative estimate of drug-likeness (QED) is 0.684. The average Bonchev–Trinajstić information content (AvgIpc) is 2.69. The van der Waals surface area contributed by atoms with E-state index in [0.29, 0.717) is 12.0 Å². The fourth-order valence-corrected chi connectivity index (χ4v) is 2.02. The van der Waals surface area contributed by atoms with Crippen LogP contribution in [0.5, 0.6) is 0 Å². The summed E-state index contributed by atoms with van der Waals surface area (Å²) in [4.78, 5) is 2.48. The van der Waals surface area contributed by atoms with Crippen molar-refractivity contribution in [1.29, 1.82) is 0 Å². The molecule has 0 aromatic carbocycles. The minimum atomic E-state index is 0.488.